The van der Waals surface area contributed by atoms with Crippen molar-refractivity contribution in [1.29, 1.82) is 0 Å². The number of rotatable bonds is 7. The lowest BCUT2D eigenvalue weighted by atomic mass is 9.98. The monoisotopic (exact) mass is 354 g/mol. The van der Waals surface area contributed by atoms with Gasteiger partial charge in [0.15, 0.2) is 11.5 Å². The number of hydrogen-bond acceptors (Lipinski definition) is 4. The topological polar surface area (TPSA) is 50.8 Å². The highest BCUT2D eigenvalue weighted by molar-refractivity contribution is 5.97. The number of carbonyl (C=O) groups excluding carboxylic acids is 1. The summed E-state index contributed by atoms with van der Waals surface area (Å²) in [5.41, 5.74) is 3.08. The molecule has 1 saturated heterocycles. The second kappa shape index (κ2) is 8.13. The van der Waals surface area contributed by atoms with Crippen molar-refractivity contribution in [3.63, 3.8) is 0 Å². The Morgan fingerprint density at radius 3 is 2.73 bits per heavy atom. The van der Waals surface area contributed by atoms with Crippen molar-refractivity contribution < 1.29 is 14.3 Å². The van der Waals surface area contributed by atoms with Crippen LogP contribution in [0.3, 0.4) is 0 Å². The summed E-state index contributed by atoms with van der Waals surface area (Å²) in [5.74, 6) is 1.75. The van der Waals surface area contributed by atoms with Crippen LogP contribution in [-0.2, 0) is 4.79 Å². The predicted molar refractivity (Wildman–Crippen MR) is 104 cm³/mol. The van der Waals surface area contributed by atoms with E-state index in [2.05, 4.69) is 12.2 Å². The molecule has 1 aliphatic rings. The summed E-state index contributed by atoms with van der Waals surface area (Å²) in [4.78, 5) is 14.5. The molecule has 26 heavy (non-hydrogen) atoms. The Morgan fingerprint density at radius 1 is 1.15 bits per heavy atom. The number of ether oxygens (including phenoxy) is 2. The quantitative estimate of drug-likeness (QED) is 0.815. The van der Waals surface area contributed by atoms with E-state index in [0.29, 0.717) is 19.6 Å². The summed E-state index contributed by atoms with van der Waals surface area (Å²) in [5, 5.41) is 3.29. The number of methoxy groups -OCH3 is 1. The molecule has 3 rings (SSSR count). The molecule has 0 saturated carbocycles. The summed E-state index contributed by atoms with van der Waals surface area (Å²) in [6.07, 6.45) is 0.503. The van der Waals surface area contributed by atoms with Gasteiger partial charge in [-0.05, 0) is 49.7 Å². The van der Waals surface area contributed by atoms with Crippen molar-refractivity contribution >= 4 is 17.3 Å². The Bertz CT molecular complexity index is 776. The van der Waals surface area contributed by atoms with Crippen LogP contribution in [0.5, 0.6) is 11.5 Å². The maximum atomic E-state index is 12.6. The minimum atomic E-state index is 0.149. The SMILES string of the molecule is CCNc1cccc(N2CC(c3ccc(OC)c(OCC)c3)CC2=O)c1. The molecule has 0 radical (unpaired) electrons. The smallest absolute Gasteiger partial charge is 0.227 e. The lowest BCUT2D eigenvalue weighted by Gasteiger charge is -2.19. The molecule has 5 nitrogen and oxygen atoms in total. The maximum Gasteiger partial charge on any atom is 0.227 e. The first-order chi connectivity index (χ1) is 12.7. The number of nitrogens with one attached hydrogen (secondary N) is 1. The summed E-state index contributed by atoms with van der Waals surface area (Å²) in [6.45, 7) is 6.11. The summed E-state index contributed by atoms with van der Waals surface area (Å²) in [7, 11) is 1.63. The van der Waals surface area contributed by atoms with E-state index < -0.39 is 0 Å². The van der Waals surface area contributed by atoms with Crippen molar-refractivity contribution in [3.8, 4) is 11.5 Å². The zero-order chi connectivity index (χ0) is 18.5. The first-order valence-electron chi connectivity index (χ1n) is 9.11. The molecule has 1 fully saturated rings. The fourth-order valence-electron chi connectivity index (χ4n) is 3.38. The molecule has 1 aliphatic heterocycles. The van der Waals surface area contributed by atoms with Crippen LogP contribution in [0.25, 0.3) is 0 Å². The second-order valence-electron chi connectivity index (χ2n) is 6.33. The van der Waals surface area contributed by atoms with E-state index in [4.69, 9.17) is 9.47 Å². The van der Waals surface area contributed by atoms with E-state index in [0.717, 1.165) is 35.0 Å². The predicted octanol–water partition coefficient (Wildman–Crippen LogP) is 4.05. The molecule has 0 aliphatic carbocycles. The van der Waals surface area contributed by atoms with Gasteiger partial charge in [0.25, 0.3) is 0 Å². The number of hydrogen-bond donors (Lipinski definition) is 1. The molecular weight excluding hydrogens is 328 g/mol. The molecule has 1 unspecified atom stereocenters. The van der Waals surface area contributed by atoms with Gasteiger partial charge in [0.1, 0.15) is 0 Å². The van der Waals surface area contributed by atoms with E-state index in [1.165, 1.54) is 0 Å². The molecule has 2 aromatic rings. The van der Waals surface area contributed by atoms with Crippen LogP contribution >= 0.6 is 0 Å². The lowest BCUT2D eigenvalue weighted by Crippen LogP contribution is -2.24. The maximum absolute atomic E-state index is 12.6. The van der Waals surface area contributed by atoms with Crippen LogP contribution < -0.4 is 19.7 Å². The average molecular weight is 354 g/mol. The molecule has 1 heterocycles. The molecule has 1 N–H and O–H groups in total. The van der Waals surface area contributed by atoms with Gasteiger partial charge in [-0.15, -0.1) is 0 Å². The number of amides is 1. The van der Waals surface area contributed by atoms with Gasteiger partial charge < -0.3 is 19.7 Å². The van der Waals surface area contributed by atoms with Crippen molar-refractivity contribution in [2.45, 2.75) is 26.2 Å². The number of nitrogens with zero attached hydrogens (tertiary/aromatic N) is 1. The molecule has 0 bridgehead atoms. The van der Waals surface area contributed by atoms with Crippen molar-refractivity contribution in [2.75, 3.05) is 37.0 Å². The highest BCUT2D eigenvalue weighted by atomic mass is 16.5. The van der Waals surface area contributed by atoms with Gasteiger partial charge in [-0.3, -0.25) is 4.79 Å². The molecular formula is C21H26N2O3. The normalized spacial score (nSPS) is 16.7. The number of benzene rings is 2. The van der Waals surface area contributed by atoms with E-state index in [-0.39, 0.29) is 11.8 Å². The van der Waals surface area contributed by atoms with Crippen LogP contribution in [0.15, 0.2) is 42.5 Å². The Hall–Kier alpha value is -2.69. The number of anilines is 2. The highest BCUT2D eigenvalue weighted by Gasteiger charge is 2.32. The van der Waals surface area contributed by atoms with Crippen LogP contribution in [0.4, 0.5) is 11.4 Å². The Morgan fingerprint density at radius 2 is 2.00 bits per heavy atom. The molecule has 0 aromatic heterocycles. The summed E-state index contributed by atoms with van der Waals surface area (Å²) < 4.78 is 11.0. The second-order valence-corrected chi connectivity index (χ2v) is 6.33. The summed E-state index contributed by atoms with van der Waals surface area (Å²) >= 11 is 0. The van der Waals surface area contributed by atoms with Crippen LogP contribution in [0.1, 0.15) is 31.7 Å². The van der Waals surface area contributed by atoms with E-state index in [1.807, 2.05) is 54.3 Å². The van der Waals surface area contributed by atoms with Crippen LogP contribution in [-0.4, -0.2) is 32.7 Å². The lowest BCUT2D eigenvalue weighted by molar-refractivity contribution is -0.117. The standard InChI is InChI=1S/C21H26N2O3/c1-4-22-17-7-6-8-18(13-17)23-14-16(12-21(23)24)15-9-10-19(25-3)20(11-15)26-5-2/h6-11,13,16,22H,4-5,12,14H2,1-3H3. The highest BCUT2D eigenvalue weighted by Crippen LogP contribution is 2.36. The molecule has 138 valence electrons. The Labute approximate surface area is 154 Å². The fraction of sp³-hybridized carbons (Fsp3) is 0.381. The van der Waals surface area contributed by atoms with E-state index >= 15 is 0 Å². The third kappa shape index (κ3) is 3.77. The minimum Gasteiger partial charge on any atom is -0.493 e. The largest absolute Gasteiger partial charge is 0.493 e. The average Bonchev–Trinajstić information content (AvgIpc) is 3.04. The summed E-state index contributed by atoms with van der Waals surface area (Å²) in [6, 6.07) is 14.0. The van der Waals surface area contributed by atoms with Crippen LogP contribution in [0, 0.1) is 0 Å². The molecule has 1 amide bonds. The zero-order valence-corrected chi connectivity index (χ0v) is 15.6. The molecule has 5 heteroatoms. The van der Waals surface area contributed by atoms with Gasteiger partial charge in [0.05, 0.1) is 13.7 Å². The first-order valence-corrected chi connectivity index (χ1v) is 9.11. The van der Waals surface area contributed by atoms with Crippen molar-refractivity contribution in [3.05, 3.63) is 48.0 Å². The third-order valence-electron chi connectivity index (χ3n) is 4.62. The van der Waals surface area contributed by atoms with Crippen molar-refractivity contribution in [2.24, 2.45) is 0 Å². The van der Waals surface area contributed by atoms with Gasteiger partial charge >= 0.3 is 0 Å². The zero-order valence-electron chi connectivity index (χ0n) is 15.6. The van der Waals surface area contributed by atoms with Gasteiger partial charge in [-0.1, -0.05) is 12.1 Å². The van der Waals surface area contributed by atoms with Crippen LogP contribution in [0.2, 0.25) is 0 Å². The molecule has 0 spiro atoms. The van der Waals surface area contributed by atoms with Gasteiger partial charge in [0, 0.05) is 36.8 Å². The number of carbonyl (C=O) groups is 1. The Balaban J connectivity index is 1.81. The molecule has 1 atom stereocenters. The fourth-order valence-corrected chi connectivity index (χ4v) is 3.38. The van der Waals surface area contributed by atoms with Gasteiger partial charge in [0.2, 0.25) is 5.91 Å². The van der Waals surface area contributed by atoms with Gasteiger partial charge in [-0.2, -0.15) is 0 Å². The Kier molecular flexibility index (Phi) is 5.66. The van der Waals surface area contributed by atoms with Crippen molar-refractivity contribution in [1.82, 2.24) is 0 Å². The third-order valence-corrected chi connectivity index (χ3v) is 4.62. The van der Waals surface area contributed by atoms with E-state index in [9.17, 15) is 4.79 Å². The minimum absolute atomic E-state index is 0.149. The van der Waals surface area contributed by atoms with Gasteiger partial charge in [-0.25, -0.2) is 0 Å². The molecule has 2 aromatic carbocycles. The first kappa shape index (κ1) is 18.1. The van der Waals surface area contributed by atoms with E-state index in [1.54, 1.807) is 7.11 Å².